The van der Waals surface area contributed by atoms with Gasteiger partial charge in [0.2, 0.25) is 12.7 Å². The molecule has 2 aromatic rings. The summed E-state index contributed by atoms with van der Waals surface area (Å²) in [5.41, 5.74) is 0.183. The zero-order chi connectivity index (χ0) is 18.6. The monoisotopic (exact) mass is 375 g/mol. The van der Waals surface area contributed by atoms with E-state index in [9.17, 15) is 9.90 Å². The Morgan fingerprint density at radius 3 is 3.15 bits per heavy atom. The molecule has 1 saturated heterocycles. The van der Waals surface area contributed by atoms with Gasteiger partial charge in [-0.3, -0.25) is 4.79 Å². The van der Waals surface area contributed by atoms with Gasteiger partial charge < -0.3 is 34.4 Å². The number of fused-ring (bicyclic) bond motifs is 1. The van der Waals surface area contributed by atoms with Crippen LogP contribution in [0, 0.1) is 5.92 Å². The zero-order valence-electron chi connectivity index (χ0n) is 14.6. The van der Waals surface area contributed by atoms with E-state index in [1.54, 1.807) is 18.2 Å². The van der Waals surface area contributed by atoms with Gasteiger partial charge in [0.05, 0.1) is 6.10 Å². The summed E-state index contributed by atoms with van der Waals surface area (Å²) in [6, 6.07) is 5.25. The fourth-order valence-electron chi connectivity index (χ4n) is 3.04. The highest BCUT2D eigenvalue weighted by Gasteiger charge is 2.24. The molecule has 4 rings (SSSR count). The van der Waals surface area contributed by atoms with Gasteiger partial charge in [0.15, 0.2) is 23.8 Å². The maximum absolute atomic E-state index is 12.2. The molecular weight excluding hydrogens is 354 g/mol. The number of carbonyl (C=O) groups excluding carboxylic acids is 1. The Hall–Kier alpha value is -2.78. The number of nitrogens with zero attached hydrogens (tertiary/aromatic N) is 1. The Bertz CT molecular complexity index is 808. The van der Waals surface area contributed by atoms with Gasteiger partial charge in [0, 0.05) is 25.1 Å². The molecule has 9 heteroatoms. The minimum atomic E-state index is -0.456. The molecule has 0 bridgehead atoms. The molecule has 2 aliphatic rings. The van der Waals surface area contributed by atoms with Gasteiger partial charge in [-0.1, -0.05) is 0 Å². The summed E-state index contributed by atoms with van der Waals surface area (Å²) in [5.74, 6) is 1.88. The number of amides is 1. The Kier molecular flexibility index (Phi) is 5.12. The number of carbonyl (C=O) groups is 1. The van der Waals surface area contributed by atoms with Gasteiger partial charge in [0.25, 0.3) is 5.91 Å². The Labute approximate surface area is 155 Å². The standard InChI is InChI=1S/C18H21N3O6/c22-14-7-19-4-3-11(14)6-20-18(23)13-8-25-17(21-13)9-24-12-1-2-15-16(5-12)27-10-26-15/h1-2,5,8,11,14,19,22H,3-4,6-7,9-10H2,(H,20,23)/t11-,14+/m0/s1. The number of nitrogens with one attached hydrogen (secondary N) is 2. The quantitative estimate of drug-likeness (QED) is 0.675. The van der Waals surface area contributed by atoms with Crippen LogP contribution in [0.2, 0.25) is 0 Å². The second-order valence-corrected chi connectivity index (χ2v) is 6.46. The molecule has 9 nitrogen and oxygen atoms in total. The lowest BCUT2D eigenvalue weighted by Gasteiger charge is -2.28. The smallest absolute Gasteiger partial charge is 0.273 e. The second kappa shape index (κ2) is 7.85. The summed E-state index contributed by atoms with van der Waals surface area (Å²) in [4.78, 5) is 16.4. The highest BCUT2D eigenvalue weighted by atomic mass is 16.7. The van der Waals surface area contributed by atoms with Crippen molar-refractivity contribution in [3.8, 4) is 17.2 Å². The lowest BCUT2D eigenvalue weighted by atomic mass is 9.95. The van der Waals surface area contributed by atoms with E-state index in [2.05, 4.69) is 15.6 Å². The number of hydrogen-bond acceptors (Lipinski definition) is 8. The van der Waals surface area contributed by atoms with E-state index in [-0.39, 0.29) is 30.9 Å². The number of aliphatic hydroxyl groups excluding tert-OH is 1. The van der Waals surface area contributed by atoms with Crippen LogP contribution in [0.15, 0.2) is 28.9 Å². The zero-order valence-corrected chi connectivity index (χ0v) is 14.6. The second-order valence-electron chi connectivity index (χ2n) is 6.46. The van der Waals surface area contributed by atoms with Crippen molar-refractivity contribution in [3.63, 3.8) is 0 Å². The van der Waals surface area contributed by atoms with Gasteiger partial charge in [0.1, 0.15) is 12.0 Å². The molecule has 1 amide bonds. The van der Waals surface area contributed by atoms with Gasteiger partial charge >= 0.3 is 0 Å². The van der Waals surface area contributed by atoms with Crippen molar-refractivity contribution < 1.29 is 28.5 Å². The van der Waals surface area contributed by atoms with Gasteiger partial charge in [-0.25, -0.2) is 4.98 Å². The highest BCUT2D eigenvalue weighted by Crippen LogP contribution is 2.35. The highest BCUT2D eigenvalue weighted by molar-refractivity contribution is 5.91. The average molecular weight is 375 g/mol. The molecule has 0 unspecified atom stereocenters. The predicted molar refractivity (Wildman–Crippen MR) is 92.7 cm³/mol. The number of aromatic nitrogens is 1. The van der Waals surface area contributed by atoms with Crippen molar-refractivity contribution in [3.05, 3.63) is 36.0 Å². The van der Waals surface area contributed by atoms with Crippen LogP contribution in [-0.2, 0) is 6.61 Å². The molecule has 3 N–H and O–H groups in total. The first kappa shape index (κ1) is 17.6. The largest absolute Gasteiger partial charge is 0.484 e. The summed E-state index contributed by atoms with van der Waals surface area (Å²) in [7, 11) is 0. The number of hydrogen-bond donors (Lipinski definition) is 3. The molecule has 144 valence electrons. The predicted octanol–water partition coefficient (Wildman–Crippen LogP) is 0.683. The average Bonchev–Trinajstić information content (AvgIpc) is 3.34. The first-order chi connectivity index (χ1) is 13.2. The van der Waals surface area contributed by atoms with Crippen molar-refractivity contribution in [2.24, 2.45) is 5.92 Å². The van der Waals surface area contributed by atoms with E-state index in [1.807, 2.05) is 0 Å². The van der Waals surface area contributed by atoms with Crippen LogP contribution < -0.4 is 24.8 Å². The van der Waals surface area contributed by atoms with Crippen LogP contribution in [-0.4, -0.2) is 48.5 Å². The van der Waals surface area contributed by atoms with Gasteiger partial charge in [-0.05, 0) is 25.1 Å². The minimum Gasteiger partial charge on any atom is -0.484 e. The summed E-state index contributed by atoms with van der Waals surface area (Å²) < 4.78 is 21.5. The SMILES string of the molecule is O=C(NC[C@@H]1CCNC[C@H]1O)c1coc(COc2ccc3c(c2)OCO3)n1. The first-order valence-corrected chi connectivity index (χ1v) is 8.83. The van der Waals surface area contributed by atoms with Crippen LogP contribution in [0.1, 0.15) is 22.8 Å². The number of ether oxygens (including phenoxy) is 3. The van der Waals surface area contributed by atoms with E-state index in [4.69, 9.17) is 18.6 Å². The molecule has 0 saturated carbocycles. The molecule has 2 atom stereocenters. The molecule has 1 aromatic carbocycles. The number of aliphatic hydroxyl groups is 1. The molecule has 3 heterocycles. The number of piperidine rings is 1. The van der Waals surface area contributed by atoms with E-state index >= 15 is 0 Å². The van der Waals surface area contributed by atoms with Crippen molar-refractivity contribution in [1.82, 2.24) is 15.6 Å². The topological polar surface area (TPSA) is 115 Å². The molecule has 0 radical (unpaired) electrons. The van der Waals surface area contributed by atoms with Gasteiger partial charge in [-0.15, -0.1) is 0 Å². The maximum atomic E-state index is 12.2. The molecular formula is C18H21N3O6. The normalized spacial score (nSPS) is 21.1. The number of oxazole rings is 1. The summed E-state index contributed by atoms with van der Waals surface area (Å²) >= 11 is 0. The van der Waals surface area contributed by atoms with Crippen LogP contribution >= 0.6 is 0 Å². The molecule has 1 aromatic heterocycles. The van der Waals surface area contributed by atoms with Gasteiger partial charge in [-0.2, -0.15) is 0 Å². The summed E-state index contributed by atoms with van der Waals surface area (Å²) in [5, 5.41) is 15.8. The third-order valence-corrected chi connectivity index (χ3v) is 4.61. The number of β-amino-alcohol motifs (C(OH)–C–C–N with tert-alkyl or cyclic N) is 1. The lowest BCUT2D eigenvalue weighted by molar-refractivity contribution is 0.0751. The van der Waals surface area contributed by atoms with E-state index < -0.39 is 6.10 Å². The van der Waals surface area contributed by atoms with Crippen molar-refractivity contribution in [2.75, 3.05) is 26.4 Å². The van der Waals surface area contributed by atoms with Crippen LogP contribution in [0.4, 0.5) is 0 Å². The number of rotatable bonds is 6. The van der Waals surface area contributed by atoms with E-state index in [0.29, 0.717) is 36.2 Å². The van der Waals surface area contributed by atoms with Crippen molar-refractivity contribution in [2.45, 2.75) is 19.1 Å². The Morgan fingerprint density at radius 2 is 2.26 bits per heavy atom. The lowest BCUT2D eigenvalue weighted by Crippen LogP contribution is -2.45. The molecule has 0 spiro atoms. The van der Waals surface area contributed by atoms with E-state index in [0.717, 1.165) is 13.0 Å². The molecule has 2 aliphatic heterocycles. The van der Waals surface area contributed by atoms with Crippen molar-refractivity contribution in [1.29, 1.82) is 0 Å². The van der Waals surface area contributed by atoms with Crippen molar-refractivity contribution >= 4 is 5.91 Å². The summed E-state index contributed by atoms with van der Waals surface area (Å²) in [6.07, 6.45) is 1.66. The third kappa shape index (κ3) is 4.15. The van der Waals surface area contributed by atoms with Crippen LogP contribution in [0.25, 0.3) is 0 Å². The molecule has 0 aliphatic carbocycles. The molecule has 27 heavy (non-hydrogen) atoms. The van der Waals surface area contributed by atoms with Crippen LogP contribution in [0.5, 0.6) is 17.2 Å². The minimum absolute atomic E-state index is 0.0379. The first-order valence-electron chi connectivity index (χ1n) is 8.83. The third-order valence-electron chi connectivity index (χ3n) is 4.61. The maximum Gasteiger partial charge on any atom is 0.273 e. The molecule has 1 fully saturated rings. The van der Waals surface area contributed by atoms with Crippen LogP contribution in [0.3, 0.4) is 0 Å². The fraction of sp³-hybridized carbons (Fsp3) is 0.444. The number of benzene rings is 1. The summed E-state index contributed by atoms with van der Waals surface area (Å²) in [6.45, 7) is 2.07. The Balaban J connectivity index is 1.28. The van der Waals surface area contributed by atoms with E-state index in [1.165, 1.54) is 6.26 Å². The fourth-order valence-corrected chi connectivity index (χ4v) is 3.04. The Morgan fingerprint density at radius 1 is 1.37 bits per heavy atom.